The number of rotatable bonds is 0. The zero-order valence-electron chi connectivity index (χ0n) is 6.96. The maximum atomic E-state index is 8.25. The van der Waals surface area contributed by atoms with E-state index in [1.165, 1.54) is 0 Å². The van der Waals surface area contributed by atoms with Gasteiger partial charge < -0.3 is 51.1 Å². The van der Waals surface area contributed by atoms with Gasteiger partial charge >= 0.3 is 41.7 Å². The third kappa shape index (κ3) is 1370. The zero-order valence-corrected chi connectivity index (χ0v) is 10.1. The third-order valence-corrected chi connectivity index (χ3v) is 0. The quantitative estimate of drug-likeness (QED) is 0.406. The van der Waals surface area contributed by atoms with Gasteiger partial charge in [0, 0.05) is 7.11 Å². The monoisotopic (exact) mass is 358 g/mol. The molecule has 13 nitrogen and oxygen atoms in total. The molecule has 0 atom stereocenters. The molecule has 0 aliphatic rings. The topological polar surface area (TPSA) is 219 Å². The molecule has 87 valence electrons. The second kappa shape index (κ2) is 29.3. The second-order valence-electron chi connectivity index (χ2n) is 0.671. The van der Waals surface area contributed by atoms with Crippen LogP contribution in [-0.4, -0.2) is 27.5 Å². The van der Waals surface area contributed by atoms with E-state index < -0.39 is 15.3 Å². The fourth-order valence-electron chi connectivity index (χ4n) is 0. The standard InChI is InChI=1S/CH4O.Ce.3NO3/c1-2;;3*2-1(3)4/h2H,1H3;;;;/q;+3;3*-1. The van der Waals surface area contributed by atoms with Crippen molar-refractivity contribution in [3.8, 4) is 0 Å². The SMILES string of the molecule is CO.O=[N+]([O-])[O-].O=[N+]([O-])[O-].O=[N+]([O-])[O-].[Ce+3]. The zero-order chi connectivity index (χ0) is 12.7. The summed E-state index contributed by atoms with van der Waals surface area (Å²) in [6, 6.07) is 0. The van der Waals surface area contributed by atoms with Crippen molar-refractivity contribution in [1.29, 1.82) is 0 Å². The van der Waals surface area contributed by atoms with Gasteiger partial charge in [0.05, 0.1) is 15.3 Å². The van der Waals surface area contributed by atoms with E-state index in [0.717, 1.165) is 7.11 Å². The maximum absolute atomic E-state index is 8.25. The molecule has 0 aromatic rings. The van der Waals surface area contributed by atoms with Crippen molar-refractivity contribution in [3.63, 3.8) is 0 Å². The molecule has 14 heteroatoms. The number of aliphatic hydroxyl groups excluding tert-OH is 1. The van der Waals surface area contributed by atoms with Crippen LogP contribution in [0.3, 0.4) is 0 Å². The maximum Gasteiger partial charge on any atom is 3.00 e. The minimum absolute atomic E-state index is 0. The van der Waals surface area contributed by atoms with Crippen LogP contribution in [0.2, 0.25) is 0 Å². The molecule has 0 rings (SSSR count). The van der Waals surface area contributed by atoms with E-state index in [4.69, 9.17) is 51.1 Å². The summed E-state index contributed by atoms with van der Waals surface area (Å²) in [4.78, 5) is 24.8. The van der Waals surface area contributed by atoms with Crippen molar-refractivity contribution >= 4 is 0 Å². The molecule has 15 heavy (non-hydrogen) atoms. The van der Waals surface area contributed by atoms with Gasteiger partial charge in [-0.05, 0) is 0 Å². The van der Waals surface area contributed by atoms with Crippen molar-refractivity contribution in [2.24, 2.45) is 0 Å². The summed E-state index contributed by atoms with van der Waals surface area (Å²) in [5, 5.41) is 51.2. The fraction of sp³-hybridized carbons (Fsp3) is 1.00. The first-order valence-electron chi connectivity index (χ1n) is 2.09. The van der Waals surface area contributed by atoms with Crippen LogP contribution in [0.15, 0.2) is 0 Å². The fourth-order valence-corrected chi connectivity index (χ4v) is 0. The predicted molar refractivity (Wildman–Crippen MR) is 39.2 cm³/mol. The summed E-state index contributed by atoms with van der Waals surface area (Å²) in [6.45, 7) is 0. The molecule has 0 fully saturated rings. The third-order valence-electron chi connectivity index (χ3n) is 0. The van der Waals surface area contributed by atoms with Gasteiger partial charge in [0.1, 0.15) is 0 Å². The summed E-state index contributed by atoms with van der Waals surface area (Å²) >= 11 is 0. The van der Waals surface area contributed by atoms with Crippen LogP contribution in [0.5, 0.6) is 0 Å². The minimum atomic E-state index is -1.75. The summed E-state index contributed by atoms with van der Waals surface area (Å²) < 4.78 is 0. The van der Waals surface area contributed by atoms with E-state index in [-0.39, 0.29) is 41.7 Å². The van der Waals surface area contributed by atoms with Crippen molar-refractivity contribution < 1.29 is 62.1 Å². The molecule has 0 aliphatic heterocycles. The molecule has 1 radical (unpaired) electrons. The van der Waals surface area contributed by atoms with E-state index in [2.05, 4.69) is 0 Å². The summed E-state index contributed by atoms with van der Waals surface area (Å²) in [5.74, 6) is 0. The molecule has 0 bridgehead atoms. The minimum Gasteiger partial charge on any atom is -0.400 e. The summed E-state index contributed by atoms with van der Waals surface area (Å²) in [6.07, 6.45) is 0. The molecule has 0 amide bonds. The Labute approximate surface area is 115 Å². The first-order chi connectivity index (χ1) is 6.20. The van der Waals surface area contributed by atoms with Crippen LogP contribution in [0.25, 0.3) is 0 Å². The van der Waals surface area contributed by atoms with Crippen LogP contribution < -0.4 is 0 Å². The largest absolute Gasteiger partial charge is 3.00 e. The van der Waals surface area contributed by atoms with Crippen molar-refractivity contribution in [3.05, 3.63) is 46.0 Å². The molecular formula is CH4CeN3O10. The molecular weight excluding hydrogens is 354 g/mol. The molecule has 1 N–H and O–H groups in total. The van der Waals surface area contributed by atoms with Gasteiger partial charge in [0.25, 0.3) is 0 Å². The van der Waals surface area contributed by atoms with Crippen LogP contribution in [0.1, 0.15) is 0 Å². The Morgan fingerprint density at radius 3 is 0.667 bits per heavy atom. The van der Waals surface area contributed by atoms with Gasteiger partial charge in [-0.1, -0.05) is 0 Å². The molecule has 0 saturated carbocycles. The van der Waals surface area contributed by atoms with Crippen molar-refractivity contribution in [2.45, 2.75) is 0 Å². The average Bonchev–Trinajstić information content (AvgIpc) is 1.86. The molecule has 0 unspecified atom stereocenters. The number of nitrogens with zero attached hydrogens (tertiary/aromatic N) is 3. The Hall–Kier alpha value is -1.06. The van der Waals surface area contributed by atoms with E-state index in [1.54, 1.807) is 0 Å². The average molecular weight is 358 g/mol. The van der Waals surface area contributed by atoms with Gasteiger partial charge in [-0.15, -0.1) is 0 Å². The molecule has 0 saturated heterocycles. The van der Waals surface area contributed by atoms with Crippen LogP contribution in [0, 0.1) is 87.7 Å². The molecule has 0 aliphatic carbocycles. The Kier molecular flexibility index (Phi) is 57.0. The Morgan fingerprint density at radius 2 is 0.667 bits per heavy atom. The van der Waals surface area contributed by atoms with Gasteiger partial charge in [-0.3, -0.25) is 0 Å². The van der Waals surface area contributed by atoms with Gasteiger partial charge in [0.2, 0.25) is 0 Å². The Morgan fingerprint density at radius 1 is 0.667 bits per heavy atom. The number of hydrogen-bond donors (Lipinski definition) is 1. The normalized spacial score (nSPS) is 5.20. The van der Waals surface area contributed by atoms with Gasteiger partial charge in [-0.25, -0.2) is 0 Å². The Bertz CT molecular complexity index is 118. The van der Waals surface area contributed by atoms with Crippen LogP contribution >= 0.6 is 0 Å². The summed E-state index contributed by atoms with van der Waals surface area (Å²) in [5.41, 5.74) is 0. The number of aliphatic hydroxyl groups is 1. The van der Waals surface area contributed by atoms with E-state index in [9.17, 15) is 0 Å². The molecule has 0 aromatic carbocycles. The first kappa shape index (κ1) is 29.2. The Balaban J connectivity index is -0.0000000298. The molecule has 0 heterocycles. The summed E-state index contributed by atoms with van der Waals surface area (Å²) in [7, 11) is 1.00. The van der Waals surface area contributed by atoms with Crippen LogP contribution in [0.4, 0.5) is 0 Å². The van der Waals surface area contributed by atoms with E-state index in [1.807, 2.05) is 0 Å². The predicted octanol–water partition coefficient (Wildman–Crippen LogP) is -1.11. The molecule has 0 aromatic heterocycles. The first-order valence-corrected chi connectivity index (χ1v) is 2.09. The van der Waals surface area contributed by atoms with E-state index in [0.29, 0.717) is 0 Å². The number of hydrogen-bond acceptors (Lipinski definition) is 10. The van der Waals surface area contributed by atoms with Crippen LogP contribution in [-0.2, 0) is 0 Å². The van der Waals surface area contributed by atoms with Crippen molar-refractivity contribution in [1.82, 2.24) is 0 Å². The van der Waals surface area contributed by atoms with Gasteiger partial charge in [-0.2, -0.15) is 0 Å². The van der Waals surface area contributed by atoms with E-state index >= 15 is 0 Å². The molecule has 0 spiro atoms. The van der Waals surface area contributed by atoms with Gasteiger partial charge in [0.15, 0.2) is 0 Å². The van der Waals surface area contributed by atoms with Crippen molar-refractivity contribution in [2.75, 3.05) is 7.11 Å². The smallest absolute Gasteiger partial charge is 0.400 e. The second-order valence-corrected chi connectivity index (χ2v) is 0.671.